The van der Waals surface area contributed by atoms with Crippen molar-refractivity contribution >= 4 is 28.0 Å². The van der Waals surface area contributed by atoms with E-state index in [2.05, 4.69) is 21.2 Å². The maximum atomic E-state index is 14.5. The molecule has 3 aromatic rings. The fourth-order valence-electron chi connectivity index (χ4n) is 3.99. The summed E-state index contributed by atoms with van der Waals surface area (Å²) in [6.07, 6.45) is -1.27. The lowest BCUT2D eigenvalue weighted by Crippen LogP contribution is -2.32. The van der Waals surface area contributed by atoms with Crippen LogP contribution >= 0.6 is 15.9 Å². The third kappa shape index (κ3) is 4.32. The Bertz CT molecular complexity index is 1100. The minimum atomic E-state index is -1.16. The summed E-state index contributed by atoms with van der Waals surface area (Å²) in [4.78, 5) is 23.8. The van der Waals surface area contributed by atoms with Gasteiger partial charge in [0.2, 0.25) is 0 Å². The molecule has 0 fully saturated rings. The number of benzene rings is 3. The fourth-order valence-corrected chi connectivity index (χ4v) is 4.37. The lowest BCUT2D eigenvalue weighted by molar-refractivity contribution is -0.137. The molecule has 1 amide bonds. The molecule has 0 radical (unpaired) electrons. The Morgan fingerprint density at radius 3 is 2.23 bits per heavy atom. The molecule has 0 unspecified atom stereocenters. The van der Waals surface area contributed by atoms with Crippen LogP contribution in [0.15, 0.2) is 71.2 Å². The zero-order valence-electron chi connectivity index (χ0n) is 16.3. The van der Waals surface area contributed by atoms with Crippen molar-refractivity contribution in [3.05, 3.63) is 93.7 Å². The number of amides is 1. The Hall–Kier alpha value is -3.19. The topological polar surface area (TPSA) is 75.6 Å². The zero-order valence-corrected chi connectivity index (χ0v) is 17.9. The van der Waals surface area contributed by atoms with E-state index in [1.165, 1.54) is 12.1 Å². The zero-order chi connectivity index (χ0) is 22.0. The predicted molar refractivity (Wildman–Crippen MR) is 117 cm³/mol. The van der Waals surface area contributed by atoms with Crippen molar-refractivity contribution in [2.45, 2.75) is 18.4 Å². The third-order valence-corrected chi connectivity index (χ3v) is 5.98. The first kappa shape index (κ1) is 21.1. The van der Waals surface area contributed by atoms with Gasteiger partial charge in [-0.2, -0.15) is 0 Å². The van der Waals surface area contributed by atoms with Gasteiger partial charge in [0.25, 0.3) is 0 Å². The molecule has 0 aromatic heterocycles. The van der Waals surface area contributed by atoms with Crippen molar-refractivity contribution in [3.8, 4) is 11.1 Å². The molecule has 31 heavy (non-hydrogen) atoms. The lowest BCUT2D eigenvalue weighted by Gasteiger charge is -2.20. The molecule has 4 rings (SSSR count). The molecule has 0 heterocycles. The number of fused-ring (bicyclic) bond motifs is 3. The number of hydrogen-bond acceptors (Lipinski definition) is 3. The van der Waals surface area contributed by atoms with Gasteiger partial charge in [0.1, 0.15) is 12.4 Å². The van der Waals surface area contributed by atoms with Crippen LogP contribution in [0.4, 0.5) is 9.18 Å². The van der Waals surface area contributed by atoms with Gasteiger partial charge in [-0.1, -0.05) is 60.7 Å². The van der Waals surface area contributed by atoms with Crippen LogP contribution in [-0.2, 0) is 9.53 Å². The first-order valence-corrected chi connectivity index (χ1v) is 10.5. The standard InChI is InChI=1S/C24H19BrFNO4/c25-20-11-5-10-18(23(20)26)21(12-22(28)29)27-24(30)31-13-19-16-8-3-1-6-14(16)15-7-2-4-9-17(15)19/h1-11,19,21H,12-13H2,(H,27,30)(H,28,29)/t21-/m1/s1. The number of hydrogen-bond donors (Lipinski definition) is 2. The summed E-state index contributed by atoms with van der Waals surface area (Å²) < 4.78 is 20.1. The average molecular weight is 484 g/mol. The predicted octanol–water partition coefficient (Wildman–Crippen LogP) is 5.64. The van der Waals surface area contributed by atoms with Gasteiger partial charge in [0.05, 0.1) is 16.9 Å². The molecular formula is C24H19BrFNO4. The number of carbonyl (C=O) groups is 2. The SMILES string of the molecule is O=C(O)C[C@@H](NC(=O)OCC1c2ccccc2-c2ccccc21)c1cccc(Br)c1F. The number of rotatable bonds is 6. The van der Waals surface area contributed by atoms with Gasteiger partial charge in [-0.05, 0) is 44.3 Å². The Balaban J connectivity index is 1.50. The molecule has 7 heteroatoms. The first-order valence-electron chi connectivity index (χ1n) is 9.73. The van der Waals surface area contributed by atoms with Crippen LogP contribution in [0.2, 0.25) is 0 Å². The second-order valence-electron chi connectivity index (χ2n) is 7.26. The van der Waals surface area contributed by atoms with Crippen LogP contribution in [0, 0.1) is 5.82 Å². The number of ether oxygens (including phenoxy) is 1. The molecule has 2 N–H and O–H groups in total. The van der Waals surface area contributed by atoms with Crippen molar-refractivity contribution < 1.29 is 23.8 Å². The summed E-state index contributed by atoms with van der Waals surface area (Å²) in [7, 11) is 0. The van der Waals surface area contributed by atoms with Crippen molar-refractivity contribution in [2.75, 3.05) is 6.61 Å². The minimum absolute atomic E-state index is 0.0743. The average Bonchev–Trinajstić information content (AvgIpc) is 3.07. The van der Waals surface area contributed by atoms with E-state index in [1.807, 2.05) is 48.5 Å². The smallest absolute Gasteiger partial charge is 0.407 e. The molecule has 0 aliphatic heterocycles. The summed E-state index contributed by atoms with van der Waals surface area (Å²) in [5, 5.41) is 11.7. The number of alkyl carbamates (subject to hydrolysis) is 1. The third-order valence-electron chi connectivity index (χ3n) is 5.37. The van der Waals surface area contributed by atoms with Crippen LogP contribution in [0.25, 0.3) is 11.1 Å². The second-order valence-corrected chi connectivity index (χ2v) is 8.12. The highest BCUT2D eigenvalue weighted by Crippen LogP contribution is 2.44. The van der Waals surface area contributed by atoms with Crippen molar-refractivity contribution in [1.82, 2.24) is 5.32 Å². The molecule has 0 saturated carbocycles. The highest BCUT2D eigenvalue weighted by atomic mass is 79.9. The van der Waals surface area contributed by atoms with Gasteiger partial charge in [-0.25, -0.2) is 9.18 Å². The van der Waals surface area contributed by atoms with E-state index in [0.29, 0.717) is 0 Å². The number of aliphatic carboxylic acids is 1. The molecule has 3 aromatic carbocycles. The van der Waals surface area contributed by atoms with Crippen molar-refractivity contribution in [2.24, 2.45) is 0 Å². The van der Waals surface area contributed by atoms with Crippen LogP contribution < -0.4 is 5.32 Å². The van der Waals surface area contributed by atoms with Crippen LogP contribution in [-0.4, -0.2) is 23.8 Å². The summed E-state index contributed by atoms with van der Waals surface area (Å²) in [6, 6.07) is 19.4. The summed E-state index contributed by atoms with van der Waals surface area (Å²) in [5.41, 5.74) is 4.41. The lowest BCUT2D eigenvalue weighted by atomic mass is 9.98. The monoisotopic (exact) mass is 483 g/mol. The largest absolute Gasteiger partial charge is 0.481 e. The maximum Gasteiger partial charge on any atom is 0.407 e. The fraction of sp³-hybridized carbons (Fsp3) is 0.167. The van der Waals surface area contributed by atoms with E-state index in [-0.39, 0.29) is 22.6 Å². The molecule has 0 bridgehead atoms. The molecule has 1 aliphatic carbocycles. The van der Waals surface area contributed by atoms with Gasteiger partial charge < -0.3 is 15.2 Å². The summed E-state index contributed by atoms with van der Waals surface area (Å²) in [5.74, 6) is -1.91. The van der Waals surface area contributed by atoms with E-state index < -0.39 is 30.3 Å². The van der Waals surface area contributed by atoms with E-state index in [0.717, 1.165) is 22.3 Å². The van der Waals surface area contributed by atoms with Crippen molar-refractivity contribution in [3.63, 3.8) is 0 Å². The molecule has 5 nitrogen and oxygen atoms in total. The Labute approximate surface area is 187 Å². The molecule has 1 atom stereocenters. The summed E-state index contributed by atoms with van der Waals surface area (Å²) >= 11 is 3.09. The van der Waals surface area contributed by atoms with Gasteiger partial charge in [0.15, 0.2) is 0 Å². The number of halogens is 2. The van der Waals surface area contributed by atoms with Gasteiger partial charge >= 0.3 is 12.1 Å². The second kappa shape index (κ2) is 8.89. The number of carboxylic acid groups (broad SMARTS) is 1. The van der Waals surface area contributed by atoms with Crippen LogP contribution in [0.1, 0.15) is 35.1 Å². The normalized spacial score (nSPS) is 13.2. The quantitative estimate of drug-likeness (QED) is 0.475. The number of carbonyl (C=O) groups excluding carboxylic acids is 1. The Kier molecular flexibility index (Phi) is 6.04. The maximum absolute atomic E-state index is 14.5. The molecule has 158 valence electrons. The number of nitrogens with one attached hydrogen (secondary N) is 1. The van der Waals surface area contributed by atoms with E-state index in [1.54, 1.807) is 6.07 Å². The van der Waals surface area contributed by atoms with Crippen LogP contribution in [0.5, 0.6) is 0 Å². The van der Waals surface area contributed by atoms with Gasteiger partial charge in [0, 0.05) is 11.5 Å². The van der Waals surface area contributed by atoms with Gasteiger partial charge in [-0.15, -0.1) is 0 Å². The minimum Gasteiger partial charge on any atom is -0.481 e. The van der Waals surface area contributed by atoms with E-state index >= 15 is 0 Å². The first-order chi connectivity index (χ1) is 15.0. The molecule has 1 aliphatic rings. The van der Waals surface area contributed by atoms with Crippen molar-refractivity contribution in [1.29, 1.82) is 0 Å². The highest BCUT2D eigenvalue weighted by molar-refractivity contribution is 9.10. The molecule has 0 spiro atoms. The van der Waals surface area contributed by atoms with Gasteiger partial charge in [-0.3, -0.25) is 4.79 Å². The summed E-state index contributed by atoms with van der Waals surface area (Å²) in [6.45, 7) is 0.0839. The highest BCUT2D eigenvalue weighted by Gasteiger charge is 2.30. The van der Waals surface area contributed by atoms with E-state index in [9.17, 15) is 19.1 Å². The number of carboxylic acids is 1. The Morgan fingerprint density at radius 2 is 1.61 bits per heavy atom. The van der Waals surface area contributed by atoms with E-state index in [4.69, 9.17) is 4.74 Å². The van der Waals surface area contributed by atoms with Crippen LogP contribution in [0.3, 0.4) is 0 Å². The molecule has 0 saturated heterocycles. The molecular weight excluding hydrogens is 465 g/mol. The Morgan fingerprint density at radius 1 is 1.00 bits per heavy atom.